The van der Waals surface area contributed by atoms with Crippen molar-refractivity contribution in [2.75, 3.05) is 42.6 Å². The summed E-state index contributed by atoms with van der Waals surface area (Å²) in [6, 6.07) is 14.0. The normalized spacial score (nSPS) is 16.0. The zero-order valence-electron chi connectivity index (χ0n) is 27.2. The third-order valence-corrected chi connectivity index (χ3v) is 8.62. The van der Waals surface area contributed by atoms with Crippen LogP contribution in [0.3, 0.4) is 0 Å². The largest absolute Gasteiger partial charge is 0.444 e. The Hall–Kier alpha value is -4.38. The number of likely N-dealkylation sites (N-methyl/N-ethyl adjacent to an activating group) is 1. The predicted octanol–water partition coefficient (Wildman–Crippen LogP) is 6.29. The summed E-state index contributed by atoms with van der Waals surface area (Å²) in [4.78, 5) is 49.6. The van der Waals surface area contributed by atoms with Gasteiger partial charge in [-0.1, -0.05) is 35.9 Å². The van der Waals surface area contributed by atoms with Crippen LogP contribution in [0, 0.1) is 0 Å². The molecule has 2 aromatic carbocycles. The van der Waals surface area contributed by atoms with Gasteiger partial charge in [-0.15, -0.1) is 0 Å². The maximum absolute atomic E-state index is 12.8. The topological polar surface area (TPSA) is 129 Å². The number of amides is 3. The van der Waals surface area contributed by atoms with Gasteiger partial charge in [-0.2, -0.15) is 4.98 Å². The van der Waals surface area contributed by atoms with Gasteiger partial charge in [0, 0.05) is 38.1 Å². The molecule has 5 rings (SSSR count). The number of halogens is 1. The monoisotopic (exact) mass is 647 g/mol. The summed E-state index contributed by atoms with van der Waals surface area (Å²) in [5, 5.41) is 9.92. The highest BCUT2D eigenvalue weighted by Crippen LogP contribution is 2.40. The molecular formula is C34H42ClN7O4. The van der Waals surface area contributed by atoms with Gasteiger partial charge in [-0.3, -0.25) is 9.59 Å². The Morgan fingerprint density at radius 1 is 1.13 bits per heavy atom. The molecule has 1 aromatic heterocycles. The highest BCUT2D eigenvalue weighted by atomic mass is 35.5. The van der Waals surface area contributed by atoms with Gasteiger partial charge in [0.1, 0.15) is 17.2 Å². The summed E-state index contributed by atoms with van der Waals surface area (Å²) in [6.45, 7) is 10.9. The summed E-state index contributed by atoms with van der Waals surface area (Å²) in [7, 11) is 1.58. The standard InChI is InChI=1S/C34H42ClN7O4/c1-33(2,3)46-32(45)41(6)20-27(43)42-16-14-22(15-17-42)21-10-12-24(13-11-21)38-31-37-19-25(35)29(40-31)36-18-23-8-7-9-26-28(23)34(4,5)30(44)39-26/h7-13,19,22H,14-18,20H2,1-6H3,(H,39,44)(H2,36,37,38,40). The molecule has 2 aliphatic heterocycles. The molecule has 2 aliphatic rings. The van der Waals surface area contributed by atoms with Gasteiger partial charge in [0.05, 0.1) is 11.6 Å². The lowest BCUT2D eigenvalue weighted by Gasteiger charge is -2.33. The minimum absolute atomic E-state index is 0.00512. The fraction of sp³-hybridized carbons (Fsp3) is 0.441. The lowest BCUT2D eigenvalue weighted by Crippen LogP contribution is -2.45. The Morgan fingerprint density at radius 2 is 1.83 bits per heavy atom. The van der Waals surface area contributed by atoms with Crippen LogP contribution in [0.15, 0.2) is 48.7 Å². The number of carbonyl (C=O) groups excluding carboxylic acids is 3. The second-order valence-electron chi connectivity index (χ2n) is 13.4. The number of carbonyl (C=O) groups is 3. The van der Waals surface area contributed by atoms with Crippen LogP contribution in [0.1, 0.15) is 70.1 Å². The summed E-state index contributed by atoms with van der Waals surface area (Å²) >= 11 is 6.43. The first-order valence-corrected chi connectivity index (χ1v) is 15.9. The van der Waals surface area contributed by atoms with E-state index < -0.39 is 17.1 Å². The summed E-state index contributed by atoms with van der Waals surface area (Å²) < 4.78 is 5.35. The zero-order valence-corrected chi connectivity index (χ0v) is 28.0. The molecule has 11 nitrogen and oxygen atoms in total. The minimum Gasteiger partial charge on any atom is -0.444 e. The van der Waals surface area contributed by atoms with Crippen molar-refractivity contribution in [1.29, 1.82) is 0 Å². The minimum atomic E-state index is -0.628. The molecule has 0 atom stereocenters. The molecule has 0 aliphatic carbocycles. The van der Waals surface area contributed by atoms with Crippen molar-refractivity contribution in [1.82, 2.24) is 19.8 Å². The van der Waals surface area contributed by atoms with Crippen molar-refractivity contribution >= 4 is 52.6 Å². The molecule has 1 saturated heterocycles. The smallest absolute Gasteiger partial charge is 0.410 e. The first kappa shape index (κ1) is 33.0. The average molecular weight is 648 g/mol. The summed E-state index contributed by atoms with van der Waals surface area (Å²) in [5.41, 5.74) is 3.59. The number of nitrogens with zero attached hydrogens (tertiary/aromatic N) is 4. The number of rotatable bonds is 8. The Labute approximate surface area is 275 Å². The van der Waals surface area contributed by atoms with Crippen LogP contribution in [-0.2, 0) is 26.3 Å². The third-order valence-electron chi connectivity index (χ3n) is 8.35. The predicted molar refractivity (Wildman–Crippen MR) is 180 cm³/mol. The number of aromatic nitrogens is 2. The first-order chi connectivity index (χ1) is 21.7. The second kappa shape index (κ2) is 13.2. The molecule has 46 heavy (non-hydrogen) atoms. The van der Waals surface area contributed by atoms with E-state index in [2.05, 4.69) is 38.1 Å². The van der Waals surface area contributed by atoms with E-state index in [9.17, 15) is 14.4 Å². The van der Waals surface area contributed by atoms with Crippen LogP contribution >= 0.6 is 11.6 Å². The highest BCUT2D eigenvalue weighted by molar-refractivity contribution is 6.32. The van der Waals surface area contributed by atoms with E-state index >= 15 is 0 Å². The SMILES string of the molecule is CN(CC(=O)N1CCC(c2ccc(Nc3ncc(Cl)c(NCc4cccc5c4C(C)(C)C(=O)N5)n3)cc2)CC1)C(=O)OC(C)(C)C. The Balaban J connectivity index is 1.14. The molecule has 244 valence electrons. The highest BCUT2D eigenvalue weighted by Gasteiger charge is 2.40. The van der Waals surface area contributed by atoms with Crippen LogP contribution in [-0.4, -0.2) is 70.0 Å². The number of nitrogens with one attached hydrogen (secondary N) is 3. The molecule has 3 aromatic rings. The van der Waals surface area contributed by atoms with Crippen molar-refractivity contribution in [3.8, 4) is 0 Å². The zero-order chi connectivity index (χ0) is 33.2. The van der Waals surface area contributed by atoms with Gasteiger partial charge >= 0.3 is 6.09 Å². The van der Waals surface area contributed by atoms with E-state index in [0.717, 1.165) is 35.3 Å². The number of benzene rings is 2. The molecule has 0 unspecified atom stereocenters. The van der Waals surface area contributed by atoms with E-state index in [1.807, 2.05) is 49.1 Å². The van der Waals surface area contributed by atoms with Crippen LogP contribution < -0.4 is 16.0 Å². The van der Waals surface area contributed by atoms with Crippen LogP contribution in [0.2, 0.25) is 5.02 Å². The fourth-order valence-electron chi connectivity index (χ4n) is 5.85. The number of hydrogen-bond donors (Lipinski definition) is 3. The average Bonchev–Trinajstić information content (AvgIpc) is 3.24. The molecule has 0 radical (unpaired) electrons. The van der Waals surface area contributed by atoms with Crippen LogP contribution in [0.5, 0.6) is 0 Å². The van der Waals surface area contributed by atoms with Gasteiger partial charge in [-0.05, 0) is 88.3 Å². The summed E-state index contributed by atoms with van der Waals surface area (Å²) in [5.74, 6) is 1.12. The molecule has 3 N–H and O–H groups in total. The van der Waals surface area contributed by atoms with Gasteiger partial charge in [-0.25, -0.2) is 9.78 Å². The van der Waals surface area contributed by atoms with Crippen molar-refractivity contribution in [3.05, 3.63) is 70.4 Å². The van der Waals surface area contributed by atoms with Crippen molar-refractivity contribution in [3.63, 3.8) is 0 Å². The molecule has 3 heterocycles. The van der Waals surface area contributed by atoms with E-state index in [0.29, 0.717) is 42.3 Å². The van der Waals surface area contributed by atoms with Crippen LogP contribution in [0.25, 0.3) is 0 Å². The Kier molecular flexibility index (Phi) is 9.44. The molecule has 1 fully saturated rings. The van der Waals surface area contributed by atoms with Gasteiger partial charge < -0.3 is 30.5 Å². The van der Waals surface area contributed by atoms with Crippen LogP contribution in [0.4, 0.5) is 27.9 Å². The number of fused-ring (bicyclic) bond motifs is 1. The lowest BCUT2D eigenvalue weighted by atomic mass is 9.83. The number of piperidine rings is 1. The molecule has 3 amide bonds. The first-order valence-electron chi connectivity index (χ1n) is 15.5. The van der Waals surface area contributed by atoms with Crippen molar-refractivity contribution < 1.29 is 19.1 Å². The number of anilines is 4. The number of ether oxygens (including phenoxy) is 1. The molecule has 0 bridgehead atoms. The molecular weight excluding hydrogens is 606 g/mol. The fourth-order valence-corrected chi connectivity index (χ4v) is 6.01. The maximum Gasteiger partial charge on any atom is 0.410 e. The molecule has 12 heteroatoms. The Morgan fingerprint density at radius 3 is 2.50 bits per heavy atom. The van der Waals surface area contributed by atoms with Gasteiger partial charge in [0.15, 0.2) is 5.82 Å². The maximum atomic E-state index is 12.8. The number of hydrogen-bond acceptors (Lipinski definition) is 8. The van der Waals surface area contributed by atoms with E-state index in [4.69, 9.17) is 16.3 Å². The molecule has 0 saturated carbocycles. The number of likely N-dealkylation sites (tertiary alicyclic amines) is 1. The van der Waals surface area contributed by atoms with E-state index in [-0.39, 0.29) is 18.4 Å². The Bertz CT molecular complexity index is 1610. The van der Waals surface area contributed by atoms with Gasteiger partial charge in [0.25, 0.3) is 0 Å². The lowest BCUT2D eigenvalue weighted by molar-refractivity contribution is -0.133. The van der Waals surface area contributed by atoms with Gasteiger partial charge in [0.2, 0.25) is 17.8 Å². The summed E-state index contributed by atoms with van der Waals surface area (Å²) in [6.07, 6.45) is 2.74. The quantitative estimate of drug-likeness (QED) is 0.260. The van der Waals surface area contributed by atoms with Crippen molar-refractivity contribution in [2.45, 2.75) is 70.9 Å². The third kappa shape index (κ3) is 7.52. The molecule has 0 spiro atoms. The van der Waals surface area contributed by atoms with E-state index in [1.165, 1.54) is 10.5 Å². The van der Waals surface area contributed by atoms with E-state index in [1.54, 1.807) is 34.0 Å². The van der Waals surface area contributed by atoms with Crippen molar-refractivity contribution in [2.24, 2.45) is 0 Å². The second-order valence-corrected chi connectivity index (χ2v) is 13.8.